The summed E-state index contributed by atoms with van der Waals surface area (Å²) in [5.41, 5.74) is 9.70. The van der Waals surface area contributed by atoms with Gasteiger partial charge in [0.05, 0.1) is 11.6 Å². The lowest BCUT2D eigenvalue weighted by molar-refractivity contribution is 1.47. The fourth-order valence-electron chi connectivity index (χ4n) is 6.85. The third-order valence-electron chi connectivity index (χ3n) is 8.98. The van der Waals surface area contributed by atoms with E-state index in [1.165, 1.54) is 62.6 Å². The van der Waals surface area contributed by atoms with Crippen molar-refractivity contribution >= 4 is 63.0 Å². The van der Waals surface area contributed by atoms with Crippen LogP contribution in [0.15, 0.2) is 152 Å². The molecular weight excluding hydrogens is 595 g/mol. The normalized spacial score (nSPS) is 11.5. The van der Waals surface area contributed by atoms with Crippen molar-refractivity contribution in [1.29, 1.82) is 5.26 Å². The molecule has 0 spiro atoms. The smallest absolute Gasteiger partial charge is 0.0998 e. The Hall–Kier alpha value is -5.53. The Bertz CT molecular complexity index is 2670. The van der Waals surface area contributed by atoms with E-state index in [4.69, 9.17) is 0 Å². The molecule has 0 atom stereocenters. The summed E-state index contributed by atoms with van der Waals surface area (Å²) in [6.07, 6.45) is 0. The van der Waals surface area contributed by atoms with E-state index in [1.807, 2.05) is 40.9 Å². The first-order valence-corrected chi connectivity index (χ1v) is 17.0. The van der Waals surface area contributed by atoms with Crippen LogP contribution in [-0.4, -0.2) is 0 Å². The van der Waals surface area contributed by atoms with Crippen LogP contribution in [0.25, 0.3) is 84.9 Å². The molecule has 9 aromatic rings. The summed E-state index contributed by atoms with van der Waals surface area (Å²) < 4.78 is 5.19. The highest BCUT2D eigenvalue weighted by Gasteiger charge is 2.19. The number of benzene rings is 7. The molecule has 0 N–H and O–H groups in total. The minimum absolute atomic E-state index is 0.674. The molecule has 0 radical (unpaired) electrons. The molecular formula is C43H25NS2. The topological polar surface area (TPSA) is 23.8 Å². The monoisotopic (exact) mass is 619 g/mol. The van der Waals surface area contributed by atoms with Gasteiger partial charge in [-0.15, -0.1) is 22.7 Å². The van der Waals surface area contributed by atoms with Crippen molar-refractivity contribution in [3.8, 4) is 50.6 Å². The number of rotatable bonds is 4. The lowest BCUT2D eigenvalue weighted by Gasteiger charge is -2.18. The first-order chi connectivity index (χ1) is 22.8. The maximum Gasteiger partial charge on any atom is 0.0998 e. The average Bonchev–Trinajstić information content (AvgIpc) is 3.69. The maximum atomic E-state index is 10.1. The average molecular weight is 620 g/mol. The summed E-state index contributed by atoms with van der Waals surface area (Å²) in [7, 11) is 0. The van der Waals surface area contributed by atoms with Gasteiger partial charge in [0.2, 0.25) is 0 Å². The number of hydrogen-bond donors (Lipinski definition) is 0. The van der Waals surface area contributed by atoms with Gasteiger partial charge >= 0.3 is 0 Å². The van der Waals surface area contributed by atoms with E-state index in [9.17, 15) is 5.26 Å². The number of nitrogens with zero attached hydrogens (tertiary/aromatic N) is 1. The van der Waals surface area contributed by atoms with E-state index < -0.39 is 0 Å². The van der Waals surface area contributed by atoms with Crippen LogP contribution < -0.4 is 0 Å². The number of fused-ring (bicyclic) bond motifs is 6. The summed E-state index contributed by atoms with van der Waals surface area (Å²) in [6, 6.07) is 56.7. The molecule has 0 amide bonds. The first kappa shape index (κ1) is 26.8. The van der Waals surface area contributed by atoms with Gasteiger partial charge in [-0.1, -0.05) is 109 Å². The van der Waals surface area contributed by atoms with Crippen molar-refractivity contribution in [2.24, 2.45) is 0 Å². The minimum atomic E-state index is 0.674. The van der Waals surface area contributed by atoms with E-state index >= 15 is 0 Å². The highest BCUT2D eigenvalue weighted by molar-refractivity contribution is 7.26. The van der Waals surface area contributed by atoms with Gasteiger partial charge in [0.1, 0.15) is 0 Å². The summed E-state index contributed by atoms with van der Waals surface area (Å²) in [4.78, 5) is 0. The zero-order valence-corrected chi connectivity index (χ0v) is 26.3. The molecule has 3 heteroatoms. The molecule has 0 unspecified atom stereocenters. The summed E-state index contributed by atoms with van der Waals surface area (Å²) in [5.74, 6) is 0. The molecule has 0 fully saturated rings. The molecule has 0 aliphatic heterocycles. The molecule has 0 aliphatic carbocycles. The van der Waals surface area contributed by atoms with Gasteiger partial charge in [0.15, 0.2) is 0 Å². The molecule has 2 aromatic heterocycles. The standard InChI is InChI=1S/C43H25NS2/c44-26-29-10-1-2-11-30(29)31-12-3-4-13-32(31)37-24-27(28-21-23-41-38(25-28)34-14-5-7-17-39(34)45-41)20-22-33(37)35-16-9-19-42-43(35)36-15-6-8-18-40(36)46-42/h1-25H. The van der Waals surface area contributed by atoms with Crippen molar-refractivity contribution in [2.75, 3.05) is 0 Å². The lowest BCUT2D eigenvalue weighted by Crippen LogP contribution is -1.92. The van der Waals surface area contributed by atoms with Gasteiger partial charge in [0, 0.05) is 45.9 Å². The van der Waals surface area contributed by atoms with Crippen LogP contribution in [-0.2, 0) is 0 Å². The predicted molar refractivity (Wildman–Crippen MR) is 199 cm³/mol. The van der Waals surface area contributed by atoms with Gasteiger partial charge < -0.3 is 0 Å². The van der Waals surface area contributed by atoms with Crippen LogP contribution in [0.1, 0.15) is 5.56 Å². The molecule has 0 aliphatic rings. The molecule has 214 valence electrons. The summed E-state index contributed by atoms with van der Waals surface area (Å²) in [6.45, 7) is 0. The second kappa shape index (κ2) is 10.8. The van der Waals surface area contributed by atoms with Crippen LogP contribution in [0.4, 0.5) is 0 Å². The highest BCUT2D eigenvalue weighted by Crippen LogP contribution is 2.46. The van der Waals surface area contributed by atoms with Crippen LogP contribution >= 0.6 is 22.7 Å². The van der Waals surface area contributed by atoms with Crippen molar-refractivity contribution in [1.82, 2.24) is 0 Å². The maximum absolute atomic E-state index is 10.1. The summed E-state index contributed by atoms with van der Waals surface area (Å²) in [5, 5.41) is 15.2. The lowest BCUT2D eigenvalue weighted by atomic mass is 9.85. The molecule has 46 heavy (non-hydrogen) atoms. The first-order valence-electron chi connectivity index (χ1n) is 15.3. The fourth-order valence-corrected chi connectivity index (χ4v) is 9.07. The molecule has 0 saturated heterocycles. The largest absolute Gasteiger partial charge is 0.192 e. The molecule has 2 heterocycles. The molecule has 0 saturated carbocycles. The highest BCUT2D eigenvalue weighted by atomic mass is 32.1. The third kappa shape index (κ3) is 4.27. The Labute approximate surface area is 274 Å². The number of thiophene rings is 2. The quantitative estimate of drug-likeness (QED) is 0.192. The fraction of sp³-hybridized carbons (Fsp3) is 0. The Morgan fingerprint density at radius 1 is 0.370 bits per heavy atom. The zero-order valence-electron chi connectivity index (χ0n) is 24.7. The molecule has 1 nitrogen and oxygen atoms in total. The Kier molecular flexibility index (Phi) is 6.31. The van der Waals surface area contributed by atoms with E-state index in [0.717, 1.165) is 22.3 Å². The van der Waals surface area contributed by atoms with Crippen molar-refractivity contribution in [3.05, 3.63) is 157 Å². The van der Waals surface area contributed by atoms with Crippen LogP contribution in [0.2, 0.25) is 0 Å². The Balaban J connectivity index is 1.34. The van der Waals surface area contributed by atoms with E-state index in [0.29, 0.717) is 5.56 Å². The Morgan fingerprint density at radius 2 is 0.913 bits per heavy atom. The minimum Gasteiger partial charge on any atom is -0.192 e. The van der Waals surface area contributed by atoms with E-state index in [2.05, 4.69) is 140 Å². The molecule has 9 rings (SSSR count). The Morgan fingerprint density at radius 3 is 1.74 bits per heavy atom. The second-order valence-electron chi connectivity index (χ2n) is 11.5. The molecule has 7 aromatic carbocycles. The van der Waals surface area contributed by atoms with Gasteiger partial charge in [-0.2, -0.15) is 5.26 Å². The van der Waals surface area contributed by atoms with Gasteiger partial charge in [0.25, 0.3) is 0 Å². The number of hydrogen-bond acceptors (Lipinski definition) is 3. The van der Waals surface area contributed by atoms with E-state index in [1.54, 1.807) is 0 Å². The van der Waals surface area contributed by atoms with Crippen molar-refractivity contribution in [3.63, 3.8) is 0 Å². The third-order valence-corrected chi connectivity index (χ3v) is 11.3. The van der Waals surface area contributed by atoms with Gasteiger partial charge in [-0.05, 0) is 81.4 Å². The zero-order chi connectivity index (χ0) is 30.6. The van der Waals surface area contributed by atoms with Crippen molar-refractivity contribution in [2.45, 2.75) is 0 Å². The summed E-state index contributed by atoms with van der Waals surface area (Å²) >= 11 is 3.69. The van der Waals surface area contributed by atoms with Crippen LogP contribution in [0.5, 0.6) is 0 Å². The molecule has 0 bridgehead atoms. The predicted octanol–water partition coefficient (Wildman–Crippen LogP) is 13.0. The van der Waals surface area contributed by atoms with Crippen LogP contribution in [0, 0.1) is 11.3 Å². The van der Waals surface area contributed by atoms with Crippen LogP contribution in [0.3, 0.4) is 0 Å². The van der Waals surface area contributed by atoms with Gasteiger partial charge in [-0.25, -0.2) is 0 Å². The SMILES string of the molecule is N#Cc1ccccc1-c1ccccc1-c1cc(-c2ccc3sc4ccccc4c3c2)ccc1-c1cccc2sc3ccccc3c12. The number of nitriles is 1. The van der Waals surface area contributed by atoms with Crippen molar-refractivity contribution < 1.29 is 0 Å². The second-order valence-corrected chi connectivity index (χ2v) is 13.7. The van der Waals surface area contributed by atoms with E-state index in [-0.39, 0.29) is 0 Å². The van der Waals surface area contributed by atoms with Gasteiger partial charge in [-0.3, -0.25) is 0 Å².